The molecule has 0 heterocycles. The van der Waals surface area contributed by atoms with E-state index in [1.807, 2.05) is 26.0 Å². The molecule has 6 aliphatic rings. The van der Waals surface area contributed by atoms with Crippen molar-refractivity contribution in [2.45, 2.75) is 155 Å². The number of hydrogen-bond donors (Lipinski definition) is 1. The van der Waals surface area contributed by atoms with Crippen molar-refractivity contribution < 1.29 is 35.9 Å². The van der Waals surface area contributed by atoms with Gasteiger partial charge in [-0.25, -0.2) is 0 Å². The third-order valence-corrected chi connectivity index (χ3v) is 18.1. The SMILES string of the molecule is CC1(C)CCC2(C(=O)N[I-]C3CCCCCCCCC3)CC[C@]3(C)[C@H](C(=O)C=C4[C@@]5(C)C=C(C#N)C(=O)C(C)(C)[C@@H]5CC[C@]43C)[C@@H]2C1. The molecule has 0 aliphatic heterocycles. The van der Waals surface area contributed by atoms with Crippen LogP contribution in [0.15, 0.2) is 23.3 Å². The second-order valence-electron chi connectivity index (χ2n) is 18.6. The summed E-state index contributed by atoms with van der Waals surface area (Å²) in [6.07, 6.45) is 22.1. The van der Waals surface area contributed by atoms with Gasteiger partial charge in [0.15, 0.2) is 0 Å². The van der Waals surface area contributed by atoms with Gasteiger partial charge in [0.2, 0.25) is 0 Å². The van der Waals surface area contributed by atoms with Crippen molar-refractivity contribution in [3.8, 4) is 6.07 Å². The molecular formula is C41H60IN2O3-. The summed E-state index contributed by atoms with van der Waals surface area (Å²) in [4.78, 5) is 42.9. The van der Waals surface area contributed by atoms with Crippen molar-refractivity contribution in [3.63, 3.8) is 0 Å². The zero-order valence-electron chi connectivity index (χ0n) is 30.3. The van der Waals surface area contributed by atoms with Crippen molar-refractivity contribution in [1.82, 2.24) is 3.53 Å². The third kappa shape index (κ3) is 5.54. The number of carbonyl (C=O) groups excluding carboxylic acids is 3. The summed E-state index contributed by atoms with van der Waals surface area (Å²) in [5, 5.41) is 10.0. The van der Waals surface area contributed by atoms with Crippen molar-refractivity contribution >= 4 is 17.5 Å². The molecule has 6 rings (SSSR count). The van der Waals surface area contributed by atoms with Gasteiger partial charge in [-0.3, -0.25) is 4.79 Å². The summed E-state index contributed by atoms with van der Waals surface area (Å²) >= 11 is -0.438. The average Bonchev–Trinajstić information content (AvgIpc) is 3.01. The average molecular weight is 756 g/mol. The molecule has 7 atom stereocenters. The number of rotatable bonds is 3. The zero-order chi connectivity index (χ0) is 34.0. The molecule has 260 valence electrons. The minimum atomic E-state index is -0.664. The number of carbonyl (C=O) groups is 3. The molecule has 6 aliphatic carbocycles. The van der Waals surface area contributed by atoms with Crippen LogP contribution in [0.1, 0.15) is 151 Å². The van der Waals surface area contributed by atoms with E-state index in [1.54, 1.807) is 0 Å². The van der Waals surface area contributed by atoms with Crippen molar-refractivity contribution in [2.75, 3.05) is 0 Å². The standard InChI is InChI=1S/C41H60IN2O3/c1-36(2)19-21-41(35(47)44-42-28-15-13-11-9-8-10-12-14-16-28)22-20-40(7)33(29(41)25-36)30(45)23-32-38(5)24-27(26-43)34(46)37(3,4)31(38)17-18-39(32,40)6/h23-24,28-29,31,33H,8-22,25H2,1-7H3,(H,44,47)/q-1/t29-,31-,33-,38-,39+,40+,41?/m0/s1. The Hall–Kier alpha value is -1.49. The second kappa shape index (κ2) is 12.4. The summed E-state index contributed by atoms with van der Waals surface area (Å²) in [5.74, 6) is 0.261. The maximum atomic E-state index is 14.8. The molecule has 1 N–H and O–H groups in total. The molecule has 1 amide bonds. The van der Waals surface area contributed by atoms with Crippen LogP contribution in [0.4, 0.5) is 0 Å². The summed E-state index contributed by atoms with van der Waals surface area (Å²) < 4.78 is 4.32. The Morgan fingerprint density at radius 1 is 0.851 bits per heavy atom. The van der Waals surface area contributed by atoms with Gasteiger partial charge in [0, 0.05) is 0 Å². The first-order valence-corrected chi connectivity index (χ1v) is 21.3. The normalized spacial score (nSPS) is 42.0. The zero-order valence-corrected chi connectivity index (χ0v) is 32.5. The number of ketones is 2. The Bertz CT molecular complexity index is 1410. The number of hydrogen-bond acceptors (Lipinski definition) is 4. The first kappa shape index (κ1) is 35.3. The first-order valence-electron chi connectivity index (χ1n) is 18.9. The third-order valence-electron chi connectivity index (χ3n) is 15.1. The fraction of sp³-hybridized carbons (Fsp3) is 0.805. The van der Waals surface area contributed by atoms with E-state index in [0.29, 0.717) is 3.92 Å². The predicted molar refractivity (Wildman–Crippen MR) is 182 cm³/mol. The van der Waals surface area contributed by atoms with Crippen LogP contribution in [0.3, 0.4) is 0 Å². The molecule has 0 saturated heterocycles. The van der Waals surface area contributed by atoms with Crippen LogP contribution in [0.5, 0.6) is 0 Å². The number of halogens is 1. The summed E-state index contributed by atoms with van der Waals surface area (Å²) in [7, 11) is 0. The molecule has 6 heteroatoms. The molecule has 0 aromatic rings. The fourth-order valence-corrected chi connectivity index (χ4v) is 14.9. The van der Waals surface area contributed by atoms with Crippen LogP contribution >= 0.6 is 0 Å². The fourth-order valence-electron chi connectivity index (χ4n) is 12.1. The van der Waals surface area contributed by atoms with E-state index in [2.05, 4.69) is 44.2 Å². The van der Waals surface area contributed by atoms with Crippen LogP contribution < -0.4 is 25.0 Å². The number of nitrogens with zero attached hydrogens (tertiary/aromatic N) is 1. The topological polar surface area (TPSA) is 87.0 Å². The van der Waals surface area contributed by atoms with Gasteiger partial charge in [0.05, 0.1) is 0 Å². The van der Waals surface area contributed by atoms with Gasteiger partial charge in [0.25, 0.3) is 0 Å². The van der Waals surface area contributed by atoms with Crippen molar-refractivity contribution in [1.29, 1.82) is 5.26 Å². The number of allylic oxidation sites excluding steroid dienone is 4. The Labute approximate surface area is 295 Å². The predicted octanol–water partition coefficient (Wildman–Crippen LogP) is 6.22. The first-order chi connectivity index (χ1) is 22.1. The number of fused-ring (bicyclic) bond motifs is 7. The molecule has 0 aromatic heterocycles. The van der Waals surface area contributed by atoms with E-state index >= 15 is 0 Å². The van der Waals surface area contributed by atoms with Gasteiger partial charge in [-0.1, -0.05) is 0 Å². The van der Waals surface area contributed by atoms with Crippen molar-refractivity contribution in [3.05, 3.63) is 23.3 Å². The van der Waals surface area contributed by atoms with Crippen LogP contribution in [0.2, 0.25) is 0 Å². The number of nitriles is 1. The van der Waals surface area contributed by atoms with Gasteiger partial charge in [-0.15, -0.1) is 0 Å². The molecule has 47 heavy (non-hydrogen) atoms. The number of Topliss-reactive ketones (excluding diaryl/α,β-unsaturated/α-hetero) is 1. The van der Waals surface area contributed by atoms with E-state index in [1.165, 1.54) is 57.8 Å². The Balaban J connectivity index is 1.35. The van der Waals surface area contributed by atoms with E-state index in [-0.39, 0.29) is 57.0 Å². The van der Waals surface area contributed by atoms with Crippen LogP contribution in [-0.2, 0) is 14.4 Å². The van der Waals surface area contributed by atoms with Gasteiger partial charge in [-0.05, 0) is 0 Å². The quantitative estimate of drug-likeness (QED) is 0.211. The molecule has 0 bridgehead atoms. The van der Waals surface area contributed by atoms with Crippen LogP contribution in [0.25, 0.3) is 0 Å². The summed E-state index contributed by atoms with van der Waals surface area (Å²) in [5.41, 5.74) is -0.747. The van der Waals surface area contributed by atoms with E-state index in [0.717, 1.165) is 50.5 Å². The van der Waals surface area contributed by atoms with Crippen molar-refractivity contribution in [2.24, 2.45) is 50.2 Å². The molecule has 0 radical (unpaired) electrons. The molecule has 0 aromatic carbocycles. The molecule has 4 saturated carbocycles. The Kier molecular flexibility index (Phi) is 9.31. The van der Waals surface area contributed by atoms with E-state index in [9.17, 15) is 19.6 Å². The van der Waals surface area contributed by atoms with Gasteiger partial charge < -0.3 is 0 Å². The van der Waals surface area contributed by atoms with Gasteiger partial charge >= 0.3 is 287 Å². The molecular weight excluding hydrogens is 695 g/mol. The molecule has 0 spiro atoms. The minimum absolute atomic E-state index is 0.0281. The number of nitrogens with one attached hydrogen (secondary N) is 1. The van der Waals surface area contributed by atoms with Gasteiger partial charge in [0.1, 0.15) is 0 Å². The summed E-state index contributed by atoms with van der Waals surface area (Å²) in [6, 6.07) is 2.22. The van der Waals surface area contributed by atoms with Crippen LogP contribution in [-0.4, -0.2) is 21.4 Å². The van der Waals surface area contributed by atoms with Gasteiger partial charge in [-0.2, -0.15) is 5.26 Å². The summed E-state index contributed by atoms with van der Waals surface area (Å²) in [6.45, 7) is 15.6. The number of amides is 1. The number of alkyl halides is 1. The maximum absolute atomic E-state index is 14.8. The molecule has 1 unspecified atom stereocenters. The van der Waals surface area contributed by atoms with Crippen LogP contribution in [0, 0.1) is 61.6 Å². The molecule has 4 fully saturated rings. The Morgan fingerprint density at radius 3 is 2.11 bits per heavy atom. The second-order valence-corrected chi connectivity index (χ2v) is 21.5. The Morgan fingerprint density at radius 2 is 1.47 bits per heavy atom. The monoisotopic (exact) mass is 755 g/mol. The molecule has 5 nitrogen and oxygen atoms in total. The van der Waals surface area contributed by atoms with E-state index < -0.39 is 37.7 Å². The van der Waals surface area contributed by atoms with E-state index in [4.69, 9.17) is 0 Å².